The summed E-state index contributed by atoms with van der Waals surface area (Å²) in [4.78, 5) is 39.4. The molecular weight excluding hydrogens is 580 g/mol. The van der Waals surface area contributed by atoms with Crippen LogP contribution in [-0.2, 0) is 16.2 Å². The fourth-order valence-corrected chi connectivity index (χ4v) is 4.43. The summed E-state index contributed by atoms with van der Waals surface area (Å²) in [7, 11) is 0. The van der Waals surface area contributed by atoms with E-state index in [-0.39, 0.29) is 29.7 Å². The highest BCUT2D eigenvalue weighted by molar-refractivity contribution is 9.10. The maximum absolute atomic E-state index is 13.3. The number of ether oxygens (including phenoxy) is 4. The number of hydrogen-bond acceptors (Lipinski definition) is 7. The lowest BCUT2D eigenvalue weighted by molar-refractivity contribution is -0.122. The third-order valence-electron chi connectivity index (χ3n) is 5.66. The van der Waals surface area contributed by atoms with Crippen LogP contribution >= 0.6 is 27.5 Å². The molecule has 0 bridgehead atoms. The van der Waals surface area contributed by atoms with Crippen molar-refractivity contribution >= 4 is 57.1 Å². The minimum Gasteiger partial charge on any atom is -0.490 e. The number of urea groups is 1. The first-order valence-corrected chi connectivity index (χ1v) is 12.7. The van der Waals surface area contributed by atoms with Gasteiger partial charge in [-0.05, 0) is 60.5 Å². The van der Waals surface area contributed by atoms with E-state index in [1.54, 1.807) is 18.2 Å². The zero-order valence-corrected chi connectivity index (χ0v) is 22.3. The van der Waals surface area contributed by atoms with E-state index < -0.39 is 17.8 Å². The second-order valence-electron chi connectivity index (χ2n) is 8.17. The fourth-order valence-electron chi connectivity index (χ4n) is 3.89. The summed E-state index contributed by atoms with van der Waals surface area (Å²) >= 11 is 9.94. The quantitative estimate of drug-likeness (QED) is 0.284. The molecule has 9 nitrogen and oxygen atoms in total. The predicted octanol–water partition coefficient (Wildman–Crippen LogP) is 5.48. The number of benzene rings is 3. The Morgan fingerprint density at radius 1 is 1.03 bits per heavy atom. The smallest absolute Gasteiger partial charge is 0.335 e. The van der Waals surface area contributed by atoms with Gasteiger partial charge in [0.05, 0.1) is 17.3 Å². The van der Waals surface area contributed by atoms with Gasteiger partial charge >= 0.3 is 6.03 Å². The van der Waals surface area contributed by atoms with E-state index in [0.717, 1.165) is 14.9 Å². The van der Waals surface area contributed by atoms with Crippen LogP contribution in [-0.4, -0.2) is 31.2 Å². The second kappa shape index (κ2) is 10.8. The molecule has 1 saturated heterocycles. The predicted molar refractivity (Wildman–Crippen MR) is 143 cm³/mol. The number of nitrogens with one attached hydrogen (secondary N) is 1. The summed E-state index contributed by atoms with van der Waals surface area (Å²) in [5.41, 5.74) is 1.30. The first kappa shape index (κ1) is 25.6. The summed E-state index contributed by atoms with van der Waals surface area (Å²) < 4.78 is 23.3. The van der Waals surface area contributed by atoms with Gasteiger partial charge in [-0.25, -0.2) is 9.69 Å². The molecule has 0 aromatic heterocycles. The number of barbiturate groups is 1. The van der Waals surface area contributed by atoms with Gasteiger partial charge in [0.25, 0.3) is 11.8 Å². The van der Waals surface area contributed by atoms with Crippen LogP contribution in [0.15, 0.2) is 64.6 Å². The molecule has 0 atom stereocenters. The molecule has 0 spiro atoms. The summed E-state index contributed by atoms with van der Waals surface area (Å²) in [5.74, 6) is -0.0844. The van der Waals surface area contributed by atoms with Gasteiger partial charge in [0.15, 0.2) is 23.0 Å². The number of carbonyl (C=O) groups is 3. The molecular formula is C27H20BrClN2O7. The maximum Gasteiger partial charge on any atom is 0.335 e. The average molecular weight is 600 g/mol. The molecule has 1 N–H and O–H groups in total. The van der Waals surface area contributed by atoms with E-state index in [0.29, 0.717) is 35.2 Å². The molecule has 38 heavy (non-hydrogen) atoms. The van der Waals surface area contributed by atoms with Crippen molar-refractivity contribution in [1.29, 1.82) is 0 Å². The summed E-state index contributed by atoms with van der Waals surface area (Å²) in [6.07, 6.45) is 1.34. The van der Waals surface area contributed by atoms with E-state index in [1.807, 2.05) is 31.2 Å². The van der Waals surface area contributed by atoms with Crippen LogP contribution in [0, 0.1) is 0 Å². The average Bonchev–Trinajstić information content (AvgIpc) is 3.35. The van der Waals surface area contributed by atoms with E-state index in [1.165, 1.54) is 18.2 Å². The molecule has 2 aliphatic heterocycles. The minimum atomic E-state index is -0.874. The molecule has 3 aromatic rings. The van der Waals surface area contributed by atoms with Gasteiger partial charge in [-0.1, -0.05) is 39.7 Å². The van der Waals surface area contributed by atoms with Crippen LogP contribution in [0.2, 0.25) is 5.02 Å². The first-order valence-electron chi connectivity index (χ1n) is 11.5. The van der Waals surface area contributed by atoms with Crippen molar-refractivity contribution in [2.75, 3.05) is 18.3 Å². The number of rotatable bonds is 7. The van der Waals surface area contributed by atoms with Gasteiger partial charge in [-0.2, -0.15) is 0 Å². The Bertz CT molecular complexity index is 1470. The number of imide groups is 2. The Morgan fingerprint density at radius 3 is 2.55 bits per heavy atom. The number of hydrogen-bond donors (Lipinski definition) is 1. The van der Waals surface area contributed by atoms with Gasteiger partial charge < -0.3 is 18.9 Å². The third-order valence-corrected chi connectivity index (χ3v) is 6.46. The Kier molecular flexibility index (Phi) is 7.26. The van der Waals surface area contributed by atoms with Crippen molar-refractivity contribution in [3.05, 3.63) is 80.8 Å². The normalized spacial score (nSPS) is 15.6. The zero-order chi connectivity index (χ0) is 26.8. The highest BCUT2D eigenvalue weighted by atomic mass is 79.9. The molecule has 3 aromatic carbocycles. The molecule has 5 rings (SSSR count). The molecule has 1 fully saturated rings. The molecule has 2 heterocycles. The Labute approximate surface area is 231 Å². The highest BCUT2D eigenvalue weighted by Gasteiger charge is 2.37. The second-order valence-corrected chi connectivity index (χ2v) is 9.50. The van der Waals surface area contributed by atoms with Gasteiger partial charge in [-0.15, -0.1) is 0 Å². The number of amides is 4. The van der Waals surface area contributed by atoms with Crippen LogP contribution < -0.4 is 29.2 Å². The lowest BCUT2D eigenvalue weighted by Crippen LogP contribution is -2.54. The topological polar surface area (TPSA) is 103 Å². The van der Waals surface area contributed by atoms with E-state index in [4.69, 9.17) is 30.5 Å². The van der Waals surface area contributed by atoms with Crippen molar-refractivity contribution in [3.8, 4) is 23.0 Å². The van der Waals surface area contributed by atoms with Crippen LogP contribution in [0.4, 0.5) is 10.5 Å². The third kappa shape index (κ3) is 5.18. The number of halogens is 2. The van der Waals surface area contributed by atoms with Gasteiger partial charge in [0, 0.05) is 10.5 Å². The minimum absolute atomic E-state index is 0.0360. The molecule has 11 heteroatoms. The number of anilines is 1. The first-order chi connectivity index (χ1) is 18.3. The summed E-state index contributed by atoms with van der Waals surface area (Å²) in [6, 6.07) is 14.5. The lowest BCUT2D eigenvalue weighted by atomic mass is 10.1. The highest BCUT2D eigenvalue weighted by Crippen LogP contribution is 2.39. The number of fused-ring (bicyclic) bond motifs is 1. The molecule has 0 aliphatic carbocycles. The van der Waals surface area contributed by atoms with E-state index in [9.17, 15) is 14.4 Å². The van der Waals surface area contributed by atoms with E-state index in [2.05, 4.69) is 21.2 Å². The SMILES string of the molecule is CCOc1cc(/C=C2\C(=O)NC(=O)N(c3ccc4c(c3)OCO4)C2=O)cc(Cl)c1OCc1ccc(Br)cc1. The Hall–Kier alpha value is -4.02. The van der Waals surface area contributed by atoms with Crippen LogP contribution in [0.5, 0.6) is 23.0 Å². The fraction of sp³-hybridized carbons (Fsp3) is 0.148. The van der Waals surface area contributed by atoms with Crippen molar-refractivity contribution in [3.63, 3.8) is 0 Å². The summed E-state index contributed by atoms with van der Waals surface area (Å²) in [5, 5.41) is 2.43. The van der Waals surface area contributed by atoms with Crippen LogP contribution in [0.25, 0.3) is 6.08 Å². The Morgan fingerprint density at radius 2 is 1.79 bits per heavy atom. The molecule has 0 unspecified atom stereocenters. The molecule has 2 aliphatic rings. The molecule has 194 valence electrons. The van der Waals surface area contributed by atoms with Gasteiger partial charge in [-0.3, -0.25) is 14.9 Å². The van der Waals surface area contributed by atoms with Crippen molar-refractivity contribution in [2.24, 2.45) is 0 Å². The van der Waals surface area contributed by atoms with Crippen molar-refractivity contribution in [2.45, 2.75) is 13.5 Å². The zero-order valence-electron chi connectivity index (χ0n) is 20.0. The van der Waals surface area contributed by atoms with Gasteiger partial charge in [0.1, 0.15) is 12.2 Å². The number of nitrogens with zero attached hydrogens (tertiary/aromatic N) is 1. The maximum atomic E-state index is 13.3. The van der Waals surface area contributed by atoms with E-state index >= 15 is 0 Å². The number of carbonyl (C=O) groups excluding carboxylic acids is 3. The van der Waals surface area contributed by atoms with Crippen molar-refractivity contribution < 1.29 is 33.3 Å². The van der Waals surface area contributed by atoms with Crippen molar-refractivity contribution in [1.82, 2.24) is 5.32 Å². The molecule has 0 saturated carbocycles. The standard InChI is InChI=1S/C27H20BrClN2O7/c1-2-35-23-11-16(10-20(29)24(23)36-13-15-3-5-17(28)6-4-15)9-19-25(32)30-27(34)31(26(19)33)18-7-8-21-22(12-18)38-14-37-21/h3-12H,2,13-14H2,1H3,(H,30,32,34)/b19-9+. The van der Waals surface area contributed by atoms with Gasteiger partial charge in [0.2, 0.25) is 6.79 Å². The monoisotopic (exact) mass is 598 g/mol. The Balaban J connectivity index is 1.44. The largest absolute Gasteiger partial charge is 0.490 e. The molecule has 0 radical (unpaired) electrons. The van der Waals surface area contributed by atoms with Crippen LogP contribution in [0.3, 0.4) is 0 Å². The lowest BCUT2D eigenvalue weighted by Gasteiger charge is -2.26. The molecule has 4 amide bonds. The summed E-state index contributed by atoms with van der Waals surface area (Å²) in [6.45, 7) is 2.43. The van der Waals surface area contributed by atoms with Crippen LogP contribution in [0.1, 0.15) is 18.1 Å².